The average Bonchev–Trinajstić information content (AvgIpc) is 1.60. The van der Waals surface area contributed by atoms with Crippen LogP contribution in [0.3, 0.4) is 0 Å². The number of fused-ring (bicyclic) bond motifs is 17. The molecule has 8 bridgehead atoms. The monoisotopic (exact) mass is 1850 g/mol. The van der Waals surface area contributed by atoms with Crippen LogP contribution in [0.1, 0.15) is 296 Å². The van der Waals surface area contributed by atoms with Gasteiger partial charge in [0.2, 0.25) is 0 Å². The van der Waals surface area contributed by atoms with Crippen molar-refractivity contribution in [1.82, 2.24) is 39.9 Å². The fourth-order valence-electron chi connectivity index (χ4n) is 14.6. The van der Waals surface area contributed by atoms with Crippen LogP contribution in [-0.2, 0) is 0 Å². The van der Waals surface area contributed by atoms with Crippen LogP contribution in [0.4, 0.5) is 0 Å². The number of hydrogen-bond acceptors (Lipinski definition) is 22. The Hall–Kier alpha value is -1.20. The van der Waals surface area contributed by atoms with Crippen molar-refractivity contribution in [3.63, 3.8) is 0 Å². The fraction of sp³-hybridized carbons (Fsp3) is 0.565. The van der Waals surface area contributed by atoms with Crippen LogP contribution in [0.5, 0.6) is 0 Å². The van der Waals surface area contributed by atoms with Gasteiger partial charge in [-0.2, -0.15) is 0 Å². The molecule has 8 nitrogen and oxygen atoms in total. The van der Waals surface area contributed by atoms with E-state index in [0.29, 0.717) is 34.6 Å². The number of nitrogens with one attached hydrogen (secondary N) is 2. The SMILES string of the molecule is CCCCCCCCCCCCSC1=C(SCCCCCCCCCCCC)SC(=C2SC=C(SCCSC3=C(SCCSC4=CSC(=C5SC(SCCCCCCCCCCCC)=C(SCCCCCCCCCCCC)S5)S4)c4nc3nc3[nH]c(nc5nc(nc6[nH]c(n4)c4ccccc64)-c4ccccc4-5)c4ccccc34)S2)S1. The second-order valence-electron chi connectivity index (χ2n) is 30.4. The molecule has 2 N–H and O–H groups in total. The molecule has 0 saturated heterocycles. The Bertz CT molecular complexity index is 4130. The van der Waals surface area contributed by atoms with Gasteiger partial charge < -0.3 is 9.97 Å². The number of aromatic nitrogens is 8. The number of rotatable bonds is 58. The summed E-state index contributed by atoms with van der Waals surface area (Å²) >= 11 is 32.4. The molecule has 0 radical (unpaired) electrons. The van der Waals surface area contributed by atoms with Gasteiger partial charge >= 0.3 is 0 Å². The lowest BCUT2D eigenvalue weighted by Gasteiger charge is -2.08. The highest BCUT2D eigenvalue weighted by atomic mass is 32.3. The molecule has 3 aromatic carbocycles. The number of unbranched alkanes of at least 4 members (excludes halogenated alkanes) is 36. The minimum atomic E-state index is 0.611. The fourth-order valence-corrected chi connectivity index (χ4v) is 37.0. The smallest absolute Gasteiger partial charge is 0.171 e. The van der Waals surface area contributed by atoms with E-state index < -0.39 is 0 Å². The molecule has 6 aromatic rings. The number of hydrogen-bond donors (Lipinski definition) is 2. The van der Waals surface area contributed by atoms with E-state index in [9.17, 15) is 0 Å². The molecule has 6 aliphatic heterocycles. The van der Waals surface area contributed by atoms with Crippen molar-refractivity contribution in [2.24, 2.45) is 0 Å². The summed E-state index contributed by atoms with van der Waals surface area (Å²) in [5.74, 6) is 11.1. The molecule has 0 spiro atoms. The molecule has 0 aliphatic carbocycles. The van der Waals surface area contributed by atoms with Gasteiger partial charge in [0.25, 0.3) is 0 Å². The molecule has 0 fully saturated rings. The molecule has 9 heterocycles. The summed E-state index contributed by atoms with van der Waals surface area (Å²) < 4.78 is 14.9. The molecule has 3 aromatic heterocycles. The zero-order valence-corrected chi connectivity index (χ0v) is 82.3. The van der Waals surface area contributed by atoms with E-state index in [2.05, 4.69) is 203 Å². The van der Waals surface area contributed by atoms with E-state index in [-0.39, 0.29) is 0 Å². The third kappa shape index (κ3) is 30.3. The van der Waals surface area contributed by atoms with Crippen molar-refractivity contribution in [1.29, 1.82) is 0 Å². The zero-order valence-electron chi connectivity index (χ0n) is 69.2. The first-order chi connectivity index (χ1) is 57.4. The molecule has 0 unspecified atom stereocenters. The van der Waals surface area contributed by atoms with Crippen molar-refractivity contribution in [3.05, 3.63) is 138 Å². The number of nitrogens with zero attached hydrogens (tertiary/aromatic N) is 6. The molecule has 116 heavy (non-hydrogen) atoms. The van der Waals surface area contributed by atoms with Gasteiger partial charge in [-0.1, -0.05) is 426 Å². The summed E-state index contributed by atoms with van der Waals surface area (Å²) in [6.07, 6.45) is 55.3. The van der Waals surface area contributed by atoms with Crippen molar-refractivity contribution >= 4 is 242 Å². The maximum absolute atomic E-state index is 5.59. The standard InChI is InChI=1S/C92H124N8S16/c1-5-9-13-17-21-25-29-33-37-47-57-105-85-86(106-58-48-38-34-30-26-22-18-14-10-6-2)114-91(113-85)89-109-65-73(111-89)101-61-63-103-75-76(84-99-82-72-56-46-44-54-70(72)80(97-82)95-78-68-52-42-41-51-67(68)77(93-78)94-79-69-53-43-45-55-71(69)81(96-79)98-83(75)100-84)104-64-62-102-74-66-110-90(112-74)92-115-87(107-59-49-39-35-31-27-23-19-15-11-7-3)88(116-92)108-60-50-40-36-32-28-24-20-16-12-8-4/h41-46,51-56,65-66H,5-40,47-50,57-64H2,1-4H3,(H2,93,94,95,96,97,98,99,100). The maximum Gasteiger partial charge on any atom is 0.171 e. The maximum atomic E-state index is 5.59. The highest BCUT2D eigenvalue weighted by Gasteiger charge is 2.32. The van der Waals surface area contributed by atoms with Crippen LogP contribution >= 0.6 is 188 Å². The Balaban J connectivity index is 0.735. The molecule has 0 saturated carbocycles. The minimum Gasteiger partial charge on any atom is -0.324 e. The predicted octanol–water partition coefficient (Wildman–Crippen LogP) is 35.9. The summed E-state index contributed by atoms with van der Waals surface area (Å²) in [4.78, 5) is 42.1. The average molecular weight is 1860 g/mol. The lowest BCUT2D eigenvalue weighted by Crippen LogP contribution is -1.90. The zero-order chi connectivity index (χ0) is 79.8. The third-order valence-corrected chi connectivity index (χ3v) is 43.8. The van der Waals surface area contributed by atoms with Crippen molar-refractivity contribution in [2.45, 2.75) is 285 Å². The van der Waals surface area contributed by atoms with Crippen molar-refractivity contribution in [3.8, 4) is 22.8 Å². The molecular formula is C92H124N8S16. The van der Waals surface area contributed by atoms with Crippen LogP contribution in [0.15, 0.2) is 126 Å². The van der Waals surface area contributed by atoms with Gasteiger partial charge in [-0.25, -0.2) is 29.9 Å². The van der Waals surface area contributed by atoms with Crippen LogP contribution < -0.4 is 0 Å². The van der Waals surface area contributed by atoms with Crippen LogP contribution in [-0.4, -0.2) is 85.9 Å². The Morgan fingerprint density at radius 2 is 0.491 bits per heavy atom. The summed E-state index contributed by atoms with van der Waals surface area (Å²) in [6, 6.07) is 25.1. The number of aromatic amines is 2. The lowest BCUT2D eigenvalue weighted by atomic mass is 10.1. The molecule has 0 atom stereocenters. The lowest BCUT2D eigenvalue weighted by molar-refractivity contribution is 0.563. The number of H-pyrrole nitrogens is 2. The highest BCUT2D eigenvalue weighted by molar-refractivity contribution is 8.44. The van der Waals surface area contributed by atoms with Crippen LogP contribution in [0.25, 0.3) is 76.7 Å². The number of thioether (sulfide) groups is 16. The summed E-state index contributed by atoms with van der Waals surface area (Å²) in [7, 11) is 0. The van der Waals surface area contributed by atoms with E-state index in [1.165, 1.54) is 305 Å². The predicted molar refractivity (Wildman–Crippen MR) is 550 cm³/mol. The topological polar surface area (TPSA) is 109 Å². The van der Waals surface area contributed by atoms with Gasteiger partial charge in [-0.05, 0) is 59.5 Å². The third-order valence-electron chi connectivity index (χ3n) is 21.1. The van der Waals surface area contributed by atoms with Crippen LogP contribution in [0, 0.1) is 0 Å². The first-order valence-corrected chi connectivity index (χ1v) is 58.6. The van der Waals surface area contributed by atoms with E-state index in [4.69, 9.17) is 29.9 Å². The van der Waals surface area contributed by atoms with E-state index in [0.717, 1.165) is 76.8 Å². The van der Waals surface area contributed by atoms with Crippen molar-refractivity contribution in [2.75, 3.05) is 46.0 Å². The first kappa shape index (κ1) is 93.9. The second-order valence-corrected chi connectivity index (χ2v) is 49.9. The largest absolute Gasteiger partial charge is 0.324 e. The normalized spacial score (nSPS) is 15.1. The van der Waals surface area contributed by atoms with Gasteiger partial charge in [-0.15, -0.1) is 94.1 Å². The number of benzene rings is 3. The summed E-state index contributed by atoms with van der Waals surface area (Å²) in [5.41, 5.74) is 4.72. The summed E-state index contributed by atoms with van der Waals surface area (Å²) in [5, 5.41) is 8.76. The Labute approximate surface area is 764 Å². The molecule has 6 aliphatic rings. The molecular weight excluding hydrogens is 1730 g/mol. The Morgan fingerprint density at radius 3 is 0.784 bits per heavy atom. The highest BCUT2D eigenvalue weighted by Crippen LogP contribution is 2.65. The molecule has 0 amide bonds. The minimum absolute atomic E-state index is 0.611. The first-order valence-electron chi connectivity index (χ1n) is 44.1. The van der Waals surface area contributed by atoms with E-state index >= 15 is 0 Å². The van der Waals surface area contributed by atoms with Crippen molar-refractivity contribution < 1.29 is 0 Å². The van der Waals surface area contributed by atoms with Gasteiger partial charge in [0.1, 0.15) is 22.6 Å². The Morgan fingerprint density at radius 1 is 0.241 bits per heavy atom. The molecule has 24 heteroatoms. The quantitative estimate of drug-likeness (QED) is 0.0353. The van der Waals surface area contributed by atoms with E-state index in [1.807, 2.05) is 106 Å². The van der Waals surface area contributed by atoms with Crippen LogP contribution in [0.2, 0.25) is 0 Å². The van der Waals surface area contributed by atoms with Gasteiger partial charge in [0.15, 0.2) is 23.3 Å². The summed E-state index contributed by atoms with van der Waals surface area (Å²) in [6.45, 7) is 9.27. The van der Waals surface area contributed by atoms with Gasteiger partial charge in [-0.3, -0.25) is 0 Å². The second kappa shape index (κ2) is 54.6. The van der Waals surface area contributed by atoms with Gasteiger partial charge in [0.05, 0.1) is 52.2 Å². The molecule has 12 rings (SSSR count). The van der Waals surface area contributed by atoms with Gasteiger partial charge in [0, 0.05) is 55.7 Å². The molecule has 628 valence electrons. The van der Waals surface area contributed by atoms with E-state index in [1.54, 1.807) is 16.9 Å². The Kier molecular flexibility index (Phi) is 44.2.